The average Bonchev–Trinajstić information content (AvgIpc) is 3.58. The van der Waals surface area contributed by atoms with Crippen molar-refractivity contribution < 1.29 is 18.0 Å². The largest absolute Gasteiger partial charge is 0.352 e. The van der Waals surface area contributed by atoms with Gasteiger partial charge in [0.1, 0.15) is 12.6 Å². The van der Waals surface area contributed by atoms with Gasteiger partial charge in [0.15, 0.2) is 0 Å². The van der Waals surface area contributed by atoms with Gasteiger partial charge in [-0.05, 0) is 79.3 Å². The maximum absolute atomic E-state index is 14.7. The number of benzene rings is 4. The van der Waals surface area contributed by atoms with Gasteiger partial charge in [0.05, 0.1) is 20.6 Å². The summed E-state index contributed by atoms with van der Waals surface area (Å²) in [6, 6.07) is 27.1. The third-order valence-corrected chi connectivity index (χ3v) is 11.3. The Labute approximate surface area is 287 Å². The molecule has 5 rings (SSSR count). The molecule has 1 aliphatic carbocycles. The second-order valence-electron chi connectivity index (χ2n) is 12.0. The van der Waals surface area contributed by atoms with Crippen LogP contribution in [0.15, 0.2) is 102 Å². The summed E-state index contributed by atoms with van der Waals surface area (Å²) in [7, 11) is -4.18. The van der Waals surface area contributed by atoms with E-state index in [9.17, 15) is 18.0 Å². The van der Waals surface area contributed by atoms with Crippen molar-refractivity contribution in [1.82, 2.24) is 10.2 Å². The Hall–Kier alpha value is -3.85. The number of halogens is 2. The van der Waals surface area contributed by atoms with Gasteiger partial charge in [-0.2, -0.15) is 0 Å². The van der Waals surface area contributed by atoms with Gasteiger partial charge in [0, 0.05) is 19.0 Å². The van der Waals surface area contributed by atoms with E-state index in [1.807, 2.05) is 50.2 Å². The zero-order valence-electron chi connectivity index (χ0n) is 26.5. The molecule has 4 aromatic carbocycles. The Morgan fingerprint density at radius 1 is 0.830 bits per heavy atom. The predicted molar refractivity (Wildman–Crippen MR) is 188 cm³/mol. The van der Waals surface area contributed by atoms with Crippen molar-refractivity contribution in [3.05, 3.63) is 129 Å². The molecule has 0 aromatic heterocycles. The summed E-state index contributed by atoms with van der Waals surface area (Å²) in [6.07, 6.45) is 4.05. The molecule has 0 saturated heterocycles. The third-order valence-electron chi connectivity index (χ3n) is 8.76. The number of anilines is 1. The van der Waals surface area contributed by atoms with Crippen LogP contribution >= 0.6 is 23.2 Å². The minimum Gasteiger partial charge on any atom is -0.352 e. The second-order valence-corrected chi connectivity index (χ2v) is 14.7. The number of sulfonamides is 1. The molecule has 0 aliphatic heterocycles. The van der Waals surface area contributed by atoms with E-state index in [4.69, 9.17) is 23.2 Å². The molecule has 1 atom stereocenters. The zero-order chi connectivity index (χ0) is 33.6. The Bertz CT molecular complexity index is 1810. The number of nitrogens with one attached hydrogen (secondary N) is 1. The highest BCUT2D eigenvalue weighted by Gasteiger charge is 2.36. The van der Waals surface area contributed by atoms with E-state index in [1.165, 1.54) is 17.0 Å². The molecule has 246 valence electrons. The van der Waals surface area contributed by atoms with Gasteiger partial charge in [-0.15, -0.1) is 0 Å². The van der Waals surface area contributed by atoms with Crippen molar-refractivity contribution in [2.45, 2.75) is 69.5 Å². The number of aryl methyl sites for hydroxylation is 1. The molecule has 1 fully saturated rings. The maximum Gasteiger partial charge on any atom is 0.264 e. The topological polar surface area (TPSA) is 86.8 Å². The summed E-state index contributed by atoms with van der Waals surface area (Å²) in [5.74, 6) is -0.808. The molecule has 47 heavy (non-hydrogen) atoms. The first-order chi connectivity index (χ1) is 22.5. The van der Waals surface area contributed by atoms with Crippen molar-refractivity contribution in [2.75, 3.05) is 10.8 Å². The monoisotopic (exact) mass is 691 g/mol. The van der Waals surface area contributed by atoms with Gasteiger partial charge in [0.25, 0.3) is 10.0 Å². The molecule has 0 radical (unpaired) electrons. The number of amides is 2. The summed E-state index contributed by atoms with van der Waals surface area (Å²) in [6.45, 7) is 3.22. The first kappa shape index (κ1) is 34.5. The molecule has 4 aromatic rings. The van der Waals surface area contributed by atoms with Crippen LogP contribution < -0.4 is 9.62 Å². The smallest absolute Gasteiger partial charge is 0.264 e. The number of nitrogens with zero attached hydrogens (tertiary/aromatic N) is 2. The minimum atomic E-state index is -4.18. The van der Waals surface area contributed by atoms with Crippen molar-refractivity contribution in [2.24, 2.45) is 0 Å². The first-order valence-electron chi connectivity index (χ1n) is 15.8. The highest BCUT2D eigenvalue weighted by molar-refractivity contribution is 7.92. The number of hydrogen-bond donors (Lipinski definition) is 1. The molecule has 0 spiro atoms. The Morgan fingerprint density at radius 3 is 2.15 bits per heavy atom. The van der Waals surface area contributed by atoms with Crippen LogP contribution in [-0.2, 0) is 32.6 Å². The quantitative estimate of drug-likeness (QED) is 0.167. The fourth-order valence-electron chi connectivity index (χ4n) is 5.99. The molecule has 0 heterocycles. The third kappa shape index (κ3) is 8.36. The first-order valence-corrected chi connectivity index (χ1v) is 18.0. The van der Waals surface area contributed by atoms with Crippen LogP contribution in [0.2, 0.25) is 10.0 Å². The number of hydrogen-bond acceptors (Lipinski definition) is 4. The van der Waals surface area contributed by atoms with Crippen molar-refractivity contribution in [3.63, 3.8) is 0 Å². The highest BCUT2D eigenvalue weighted by Crippen LogP contribution is 2.30. The summed E-state index contributed by atoms with van der Waals surface area (Å²) in [5, 5.41) is 3.87. The summed E-state index contributed by atoms with van der Waals surface area (Å²) in [5.41, 5.74) is 3.54. The number of rotatable bonds is 12. The molecule has 1 unspecified atom stereocenters. The van der Waals surface area contributed by atoms with Crippen LogP contribution in [0.5, 0.6) is 0 Å². The van der Waals surface area contributed by atoms with Crippen LogP contribution in [0.3, 0.4) is 0 Å². The van der Waals surface area contributed by atoms with E-state index in [0.29, 0.717) is 21.3 Å². The van der Waals surface area contributed by atoms with Crippen LogP contribution in [-0.4, -0.2) is 43.8 Å². The summed E-state index contributed by atoms with van der Waals surface area (Å²) < 4.78 is 29.7. The van der Waals surface area contributed by atoms with Crippen LogP contribution in [0.4, 0.5) is 5.69 Å². The van der Waals surface area contributed by atoms with Crippen molar-refractivity contribution >= 4 is 50.7 Å². The van der Waals surface area contributed by atoms with Crippen LogP contribution in [0, 0.1) is 13.8 Å². The van der Waals surface area contributed by atoms with Gasteiger partial charge in [-0.1, -0.05) is 103 Å². The molecular weight excluding hydrogens is 653 g/mol. The van der Waals surface area contributed by atoms with Gasteiger partial charge in [-0.3, -0.25) is 13.9 Å². The molecule has 2 amide bonds. The lowest BCUT2D eigenvalue weighted by atomic mass is 10.0. The van der Waals surface area contributed by atoms with Gasteiger partial charge < -0.3 is 10.2 Å². The van der Waals surface area contributed by atoms with E-state index in [-0.39, 0.29) is 29.8 Å². The molecule has 1 saturated carbocycles. The number of carbonyl (C=O) groups is 2. The SMILES string of the molecule is Cc1cccc(N(CC(=O)N(Cc2ccc(Cl)c(Cl)c2)C(Cc2ccccc2)C(=O)NC2CCCC2)S(=O)(=O)c2ccccc2)c1C. The Morgan fingerprint density at radius 2 is 1.49 bits per heavy atom. The lowest BCUT2D eigenvalue weighted by molar-refractivity contribution is -0.140. The highest BCUT2D eigenvalue weighted by atomic mass is 35.5. The molecule has 1 aliphatic rings. The van der Waals surface area contributed by atoms with Gasteiger partial charge in [-0.25, -0.2) is 8.42 Å². The summed E-state index contributed by atoms with van der Waals surface area (Å²) >= 11 is 12.6. The molecule has 0 bridgehead atoms. The van der Waals surface area contributed by atoms with E-state index in [0.717, 1.165) is 46.7 Å². The Balaban J connectivity index is 1.60. The summed E-state index contributed by atoms with van der Waals surface area (Å²) in [4.78, 5) is 30.4. The number of carbonyl (C=O) groups excluding carboxylic acids is 2. The van der Waals surface area contributed by atoms with E-state index in [2.05, 4.69) is 5.32 Å². The lowest BCUT2D eigenvalue weighted by Gasteiger charge is -2.35. The fraction of sp³-hybridized carbons (Fsp3) is 0.297. The normalized spacial score (nSPS) is 14.0. The fourth-order valence-corrected chi connectivity index (χ4v) is 7.81. The Kier molecular flexibility index (Phi) is 11.3. The van der Waals surface area contributed by atoms with Gasteiger partial charge in [0.2, 0.25) is 11.8 Å². The zero-order valence-corrected chi connectivity index (χ0v) is 28.9. The molecule has 7 nitrogen and oxygen atoms in total. The van der Waals surface area contributed by atoms with E-state index < -0.39 is 28.5 Å². The standard InChI is InChI=1S/C37H39Cl2N3O4S/c1-26-12-11-19-34(27(26)2)42(47(45,46)31-17-7-4-8-18-31)25-36(43)41(24-29-20-21-32(38)33(39)22-29)35(23-28-13-5-3-6-14-28)37(44)40-30-15-9-10-16-30/h3-8,11-14,17-22,30,35H,9-10,15-16,23-25H2,1-2H3,(H,40,44). The lowest BCUT2D eigenvalue weighted by Crippen LogP contribution is -2.54. The maximum atomic E-state index is 14.7. The minimum absolute atomic E-state index is 0.0112. The van der Waals surface area contributed by atoms with Crippen molar-refractivity contribution in [3.8, 4) is 0 Å². The predicted octanol–water partition coefficient (Wildman–Crippen LogP) is 7.50. The average molecular weight is 693 g/mol. The van der Waals surface area contributed by atoms with E-state index in [1.54, 1.807) is 48.5 Å². The second kappa shape index (κ2) is 15.4. The molecule has 10 heteroatoms. The van der Waals surface area contributed by atoms with E-state index >= 15 is 0 Å². The van der Waals surface area contributed by atoms with Gasteiger partial charge >= 0.3 is 0 Å². The molecule has 1 N–H and O–H groups in total. The van der Waals surface area contributed by atoms with Crippen molar-refractivity contribution in [1.29, 1.82) is 0 Å². The molecular formula is C37H39Cl2N3O4S. The van der Waals surface area contributed by atoms with Crippen LogP contribution in [0.1, 0.15) is 47.9 Å². The van der Waals surface area contributed by atoms with Crippen LogP contribution in [0.25, 0.3) is 0 Å².